The van der Waals surface area contributed by atoms with E-state index in [4.69, 9.17) is 0 Å². The van der Waals surface area contributed by atoms with E-state index in [2.05, 4.69) is 70.3 Å². The first kappa shape index (κ1) is 31.5. The highest BCUT2D eigenvalue weighted by Gasteiger charge is 2.21. The Labute approximate surface area is 263 Å². The van der Waals surface area contributed by atoms with Crippen LogP contribution >= 0.6 is 11.8 Å². The van der Waals surface area contributed by atoms with Crippen molar-refractivity contribution in [1.82, 2.24) is 19.5 Å². The fraction of sp³-hybridized carbons (Fsp3) is 0.333. The number of carbonyl (C=O) groups excluding carboxylic acids is 1. The summed E-state index contributed by atoms with van der Waals surface area (Å²) in [4.78, 5) is 17.5. The molecule has 0 unspecified atom stereocenters. The van der Waals surface area contributed by atoms with Crippen LogP contribution in [0, 0.1) is 6.92 Å². The summed E-state index contributed by atoms with van der Waals surface area (Å²) >= 11 is 1.27. The second-order valence-corrected chi connectivity index (χ2v) is 14.5. The van der Waals surface area contributed by atoms with Crippen LogP contribution in [0.2, 0.25) is 0 Å². The average Bonchev–Trinajstić information content (AvgIpc) is 3.24. The number of benzene rings is 3. The highest BCUT2D eigenvalue weighted by atomic mass is 32.2. The second kappa shape index (κ2) is 13.4. The van der Waals surface area contributed by atoms with Gasteiger partial charge in [-0.05, 0) is 60.6 Å². The molecule has 0 fully saturated rings. The van der Waals surface area contributed by atoms with Crippen LogP contribution in [-0.2, 0) is 20.2 Å². The molecule has 0 bridgehead atoms. The van der Waals surface area contributed by atoms with Crippen molar-refractivity contribution < 1.29 is 13.2 Å². The highest BCUT2D eigenvalue weighted by molar-refractivity contribution is 7.99. The monoisotopic (exact) mass is 630 g/mol. The first-order valence-electron chi connectivity index (χ1n) is 14.7. The summed E-state index contributed by atoms with van der Waals surface area (Å²) < 4.78 is 30.6. The van der Waals surface area contributed by atoms with Gasteiger partial charge in [0.15, 0.2) is 11.0 Å². The molecule has 1 aliphatic heterocycles. The maximum Gasteiger partial charge on any atom is 0.262 e. The molecule has 4 aromatic rings. The Kier molecular flexibility index (Phi) is 9.55. The summed E-state index contributed by atoms with van der Waals surface area (Å²) in [5.74, 6) is 0.932. The van der Waals surface area contributed by atoms with Crippen LogP contribution in [-0.4, -0.2) is 47.2 Å². The third-order valence-corrected chi connectivity index (χ3v) is 9.69. The fourth-order valence-electron chi connectivity index (χ4n) is 4.94. The lowest BCUT2D eigenvalue weighted by Gasteiger charge is -2.19. The molecule has 11 heteroatoms. The molecule has 230 valence electrons. The van der Waals surface area contributed by atoms with Crippen LogP contribution in [0.5, 0.6) is 0 Å². The lowest BCUT2D eigenvalue weighted by molar-refractivity contribution is -0.113. The summed E-state index contributed by atoms with van der Waals surface area (Å²) in [6.45, 7) is 9.18. The van der Waals surface area contributed by atoms with Gasteiger partial charge in [-0.15, -0.1) is 10.2 Å². The number of sulfonamides is 1. The lowest BCUT2D eigenvalue weighted by Crippen LogP contribution is -2.30. The number of aryl methyl sites for hydroxylation is 1. The van der Waals surface area contributed by atoms with Crippen LogP contribution in [0.4, 0.5) is 5.69 Å². The summed E-state index contributed by atoms with van der Waals surface area (Å²) in [6.07, 6.45) is 3.49. The van der Waals surface area contributed by atoms with Gasteiger partial charge in [0.05, 0.1) is 16.3 Å². The van der Waals surface area contributed by atoms with Gasteiger partial charge in [0.25, 0.3) is 10.0 Å². The van der Waals surface area contributed by atoms with E-state index in [-0.39, 0.29) is 22.0 Å². The third kappa shape index (κ3) is 7.57. The Hall–Kier alpha value is -3.96. The van der Waals surface area contributed by atoms with Crippen LogP contribution in [0.15, 0.2) is 87.8 Å². The number of anilines is 1. The topological polar surface area (TPSA) is 118 Å². The van der Waals surface area contributed by atoms with Gasteiger partial charge in [0.2, 0.25) is 5.91 Å². The number of hydrogen-bond donors (Lipinski definition) is 2. The van der Waals surface area contributed by atoms with E-state index >= 15 is 0 Å². The molecule has 0 spiro atoms. The molecule has 9 nitrogen and oxygen atoms in total. The molecule has 1 aromatic heterocycles. The number of rotatable bonds is 8. The number of thioether (sulfide) groups is 1. The van der Waals surface area contributed by atoms with Crippen LogP contribution in [0.25, 0.3) is 17.1 Å². The largest absolute Gasteiger partial charge is 0.325 e. The molecule has 1 amide bonds. The zero-order valence-corrected chi connectivity index (χ0v) is 27.1. The Morgan fingerprint density at radius 3 is 2.48 bits per heavy atom. The third-order valence-electron chi connectivity index (χ3n) is 7.39. The lowest BCUT2D eigenvalue weighted by atomic mass is 9.87. The Morgan fingerprint density at radius 1 is 0.955 bits per heavy atom. The van der Waals surface area contributed by atoms with Crippen molar-refractivity contribution in [3.05, 3.63) is 83.9 Å². The predicted molar refractivity (Wildman–Crippen MR) is 177 cm³/mol. The van der Waals surface area contributed by atoms with E-state index in [0.29, 0.717) is 35.5 Å². The quantitative estimate of drug-likeness (QED) is 0.214. The Bertz CT molecular complexity index is 1770. The highest BCUT2D eigenvalue weighted by Crippen LogP contribution is 2.31. The van der Waals surface area contributed by atoms with Crippen molar-refractivity contribution >= 4 is 39.2 Å². The fourth-order valence-corrected chi connectivity index (χ4v) is 6.82. The van der Waals surface area contributed by atoms with Gasteiger partial charge < -0.3 is 5.32 Å². The van der Waals surface area contributed by atoms with Crippen molar-refractivity contribution in [3.8, 4) is 17.1 Å². The molecular formula is C33H38N6O3S2. The second-order valence-electron chi connectivity index (χ2n) is 11.9. The summed E-state index contributed by atoms with van der Waals surface area (Å²) in [7, 11) is -3.82. The van der Waals surface area contributed by atoms with Crippen molar-refractivity contribution in [2.75, 3.05) is 17.6 Å². The zero-order chi connectivity index (χ0) is 31.3. The van der Waals surface area contributed by atoms with E-state index < -0.39 is 10.0 Å². The number of nitrogens with zero attached hydrogens (tertiary/aromatic N) is 4. The number of carbonyl (C=O) groups is 1. The minimum absolute atomic E-state index is 0.0282. The SMILES string of the molecule is Cc1ccccc1-n1c(SCC(=O)Nc2cccc(S(=O)(=O)NC3=NCCCCC3)c2)nnc1-c1ccc(C(C)(C)C)cc1. The van der Waals surface area contributed by atoms with Gasteiger partial charge in [-0.3, -0.25) is 19.1 Å². The van der Waals surface area contributed by atoms with E-state index in [1.54, 1.807) is 12.1 Å². The first-order chi connectivity index (χ1) is 21.0. The number of para-hydroxylation sites is 1. The maximum atomic E-state index is 13.1. The average molecular weight is 631 g/mol. The molecule has 3 aromatic carbocycles. The minimum Gasteiger partial charge on any atom is -0.325 e. The van der Waals surface area contributed by atoms with Gasteiger partial charge >= 0.3 is 0 Å². The predicted octanol–water partition coefficient (Wildman–Crippen LogP) is 6.52. The van der Waals surface area contributed by atoms with Gasteiger partial charge in [-0.1, -0.05) is 87.5 Å². The summed E-state index contributed by atoms with van der Waals surface area (Å²) in [5.41, 5.74) is 4.54. The summed E-state index contributed by atoms with van der Waals surface area (Å²) in [5, 5.41) is 12.4. The van der Waals surface area contributed by atoms with Gasteiger partial charge in [0, 0.05) is 24.2 Å². The molecule has 0 atom stereocenters. The molecule has 0 saturated heterocycles. The molecule has 1 aliphatic rings. The number of aromatic nitrogens is 3. The van der Waals surface area contributed by atoms with Crippen molar-refractivity contribution in [2.45, 2.75) is 68.8 Å². The van der Waals surface area contributed by atoms with Crippen LogP contribution in [0.3, 0.4) is 0 Å². The van der Waals surface area contributed by atoms with E-state index in [0.717, 1.165) is 36.1 Å². The van der Waals surface area contributed by atoms with Gasteiger partial charge in [0.1, 0.15) is 5.84 Å². The standard InChI is InChI=1S/C33H38N6O3S2/c1-23-11-7-8-14-28(23)39-31(24-16-18-25(19-17-24)33(2,3)4)36-37-32(39)43-22-30(40)35-26-12-10-13-27(21-26)44(41,42)38-29-15-6-5-9-20-34-29/h7-8,10-14,16-19,21H,5-6,9,15,20,22H2,1-4H3,(H,34,38)(H,35,40). The van der Waals surface area contributed by atoms with Crippen LogP contribution in [0.1, 0.15) is 57.6 Å². The van der Waals surface area contributed by atoms with Crippen molar-refractivity contribution in [1.29, 1.82) is 0 Å². The summed E-state index contributed by atoms with van der Waals surface area (Å²) in [6, 6.07) is 22.6. The number of amides is 1. The van der Waals surface area contributed by atoms with E-state index in [1.807, 2.05) is 35.8 Å². The molecule has 0 aliphatic carbocycles. The van der Waals surface area contributed by atoms with Gasteiger partial charge in [-0.2, -0.15) is 0 Å². The van der Waals surface area contributed by atoms with Gasteiger partial charge in [-0.25, -0.2) is 8.42 Å². The van der Waals surface area contributed by atoms with Crippen molar-refractivity contribution in [3.63, 3.8) is 0 Å². The number of amidine groups is 1. The number of aliphatic imine (C=N–C) groups is 1. The maximum absolute atomic E-state index is 13.1. The Morgan fingerprint density at radius 2 is 1.73 bits per heavy atom. The zero-order valence-electron chi connectivity index (χ0n) is 25.5. The Balaban J connectivity index is 1.33. The molecule has 0 radical (unpaired) electrons. The molecule has 2 heterocycles. The molecule has 0 saturated carbocycles. The number of nitrogens with one attached hydrogen (secondary N) is 2. The van der Waals surface area contributed by atoms with E-state index in [1.165, 1.54) is 29.5 Å². The van der Waals surface area contributed by atoms with E-state index in [9.17, 15) is 13.2 Å². The smallest absolute Gasteiger partial charge is 0.262 e. The first-order valence-corrected chi connectivity index (χ1v) is 17.2. The van der Waals surface area contributed by atoms with Crippen LogP contribution < -0.4 is 10.0 Å². The normalized spacial score (nSPS) is 14.0. The molecule has 2 N–H and O–H groups in total. The molecule has 5 rings (SSSR count). The molecule has 44 heavy (non-hydrogen) atoms. The number of hydrogen-bond acceptors (Lipinski definition) is 7. The molecular weight excluding hydrogens is 593 g/mol. The minimum atomic E-state index is -3.82. The van der Waals surface area contributed by atoms with Crippen molar-refractivity contribution in [2.24, 2.45) is 4.99 Å².